The highest BCUT2D eigenvalue weighted by Gasteiger charge is 2.25. The van der Waals surface area contributed by atoms with Gasteiger partial charge in [0.1, 0.15) is 0 Å². The van der Waals surface area contributed by atoms with E-state index in [1.807, 2.05) is 31.1 Å². The molecule has 1 fully saturated rings. The fraction of sp³-hybridized carbons (Fsp3) is 0.400. The second-order valence-electron chi connectivity index (χ2n) is 6.96. The summed E-state index contributed by atoms with van der Waals surface area (Å²) in [4.78, 5) is 4.47. The lowest BCUT2D eigenvalue weighted by Gasteiger charge is -2.35. The number of hydrogen-bond acceptors (Lipinski definition) is 5. The van der Waals surface area contributed by atoms with Crippen LogP contribution in [0, 0.1) is 0 Å². The van der Waals surface area contributed by atoms with Gasteiger partial charge in [-0.1, -0.05) is 29.8 Å². The van der Waals surface area contributed by atoms with Crippen LogP contribution in [0.4, 0.5) is 5.69 Å². The van der Waals surface area contributed by atoms with Crippen LogP contribution in [-0.2, 0) is 14.8 Å². The Labute approximate surface area is 172 Å². The number of morpholine rings is 1. The molecule has 0 amide bonds. The first-order chi connectivity index (χ1) is 13.4. The molecule has 1 saturated heterocycles. The number of sulfonamides is 1. The number of nitrogens with zero attached hydrogens (tertiary/aromatic N) is 2. The molecule has 0 saturated carbocycles. The minimum Gasteiger partial charge on any atom is -0.379 e. The van der Waals surface area contributed by atoms with Gasteiger partial charge in [0.2, 0.25) is 10.0 Å². The van der Waals surface area contributed by atoms with Crippen molar-refractivity contribution in [3.63, 3.8) is 0 Å². The van der Waals surface area contributed by atoms with Gasteiger partial charge in [-0.2, -0.15) is 0 Å². The molecule has 8 heteroatoms. The Kier molecular flexibility index (Phi) is 6.95. The third kappa shape index (κ3) is 5.24. The number of halogens is 1. The van der Waals surface area contributed by atoms with Gasteiger partial charge in [-0.05, 0) is 35.9 Å². The fourth-order valence-corrected chi connectivity index (χ4v) is 4.59. The van der Waals surface area contributed by atoms with Crippen molar-refractivity contribution in [1.29, 1.82) is 0 Å². The molecule has 2 aromatic rings. The Morgan fingerprint density at radius 1 is 1.14 bits per heavy atom. The molecule has 0 radical (unpaired) electrons. The van der Waals surface area contributed by atoms with Crippen LogP contribution in [-0.4, -0.2) is 60.3 Å². The molecule has 1 aliphatic rings. The van der Waals surface area contributed by atoms with Crippen molar-refractivity contribution in [1.82, 2.24) is 9.62 Å². The quantitative estimate of drug-likeness (QED) is 0.742. The van der Waals surface area contributed by atoms with Crippen LogP contribution in [0.25, 0.3) is 0 Å². The highest BCUT2D eigenvalue weighted by Crippen LogP contribution is 2.25. The molecule has 0 aromatic heterocycles. The van der Waals surface area contributed by atoms with Crippen LogP contribution in [0.2, 0.25) is 5.02 Å². The van der Waals surface area contributed by atoms with E-state index in [1.165, 1.54) is 6.07 Å². The number of nitrogens with one attached hydrogen (secondary N) is 1. The summed E-state index contributed by atoms with van der Waals surface area (Å²) < 4.78 is 33.7. The highest BCUT2D eigenvalue weighted by molar-refractivity contribution is 7.89. The SMILES string of the molecule is CN(C)c1ccc(C(CNS(=O)(=O)c2cccc(Cl)c2)N2CCOCC2)cc1. The van der Waals surface area contributed by atoms with Crippen molar-refractivity contribution in [3.8, 4) is 0 Å². The van der Waals surface area contributed by atoms with Crippen LogP contribution in [0.1, 0.15) is 11.6 Å². The summed E-state index contributed by atoms with van der Waals surface area (Å²) in [5.74, 6) is 0. The summed E-state index contributed by atoms with van der Waals surface area (Å²) in [5, 5.41) is 0.395. The molecule has 1 unspecified atom stereocenters. The van der Waals surface area contributed by atoms with Gasteiger partial charge < -0.3 is 9.64 Å². The molecule has 0 spiro atoms. The van der Waals surface area contributed by atoms with E-state index in [4.69, 9.17) is 16.3 Å². The zero-order valence-corrected chi connectivity index (χ0v) is 17.7. The average molecular weight is 424 g/mol. The van der Waals surface area contributed by atoms with Gasteiger partial charge >= 0.3 is 0 Å². The van der Waals surface area contributed by atoms with E-state index in [0.717, 1.165) is 24.3 Å². The maximum atomic E-state index is 12.7. The molecule has 3 rings (SSSR count). The fourth-order valence-electron chi connectivity index (χ4n) is 3.25. The third-order valence-corrected chi connectivity index (χ3v) is 6.51. The smallest absolute Gasteiger partial charge is 0.240 e. The van der Waals surface area contributed by atoms with Crippen molar-refractivity contribution < 1.29 is 13.2 Å². The molecular formula is C20H26ClN3O3S. The average Bonchev–Trinajstić information content (AvgIpc) is 2.69. The lowest BCUT2D eigenvalue weighted by atomic mass is 10.0. The summed E-state index contributed by atoms with van der Waals surface area (Å²) >= 11 is 5.95. The third-order valence-electron chi connectivity index (χ3n) is 4.85. The van der Waals surface area contributed by atoms with Crippen LogP contribution in [0.3, 0.4) is 0 Å². The Morgan fingerprint density at radius 2 is 1.82 bits per heavy atom. The van der Waals surface area contributed by atoms with E-state index in [-0.39, 0.29) is 17.5 Å². The number of ether oxygens (including phenoxy) is 1. The van der Waals surface area contributed by atoms with E-state index in [1.54, 1.807) is 18.2 Å². The van der Waals surface area contributed by atoms with Gasteiger partial charge in [-0.15, -0.1) is 0 Å². The second kappa shape index (κ2) is 9.24. The van der Waals surface area contributed by atoms with E-state index >= 15 is 0 Å². The van der Waals surface area contributed by atoms with Crippen LogP contribution < -0.4 is 9.62 Å². The monoisotopic (exact) mass is 423 g/mol. The molecule has 1 N–H and O–H groups in total. The predicted octanol–water partition coefficient (Wildman–Crippen LogP) is 2.76. The van der Waals surface area contributed by atoms with E-state index in [0.29, 0.717) is 18.2 Å². The molecular weight excluding hydrogens is 398 g/mol. The number of rotatable bonds is 7. The summed E-state index contributed by atoms with van der Waals surface area (Å²) in [6.45, 7) is 3.09. The summed E-state index contributed by atoms with van der Waals surface area (Å²) in [5.41, 5.74) is 2.17. The van der Waals surface area contributed by atoms with E-state index in [9.17, 15) is 8.42 Å². The zero-order valence-electron chi connectivity index (χ0n) is 16.1. The summed E-state index contributed by atoms with van der Waals surface area (Å²) in [7, 11) is 0.341. The molecule has 1 aliphatic heterocycles. The van der Waals surface area contributed by atoms with Gasteiger partial charge in [-0.3, -0.25) is 4.90 Å². The van der Waals surface area contributed by atoms with Crippen LogP contribution in [0.15, 0.2) is 53.4 Å². The van der Waals surface area contributed by atoms with Crippen molar-refractivity contribution >= 4 is 27.3 Å². The number of hydrogen-bond donors (Lipinski definition) is 1. The molecule has 1 heterocycles. The van der Waals surface area contributed by atoms with Crippen molar-refractivity contribution in [2.75, 3.05) is 51.8 Å². The lowest BCUT2D eigenvalue weighted by molar-refractivity contribution is 0.0172. The highest BCUT2D eigenvalue weighted by atomic mass is 35.5. The Hall–Kier alpha value is -1.64. The number of benzene rings is 2. The van der Waals surface area contributed by atoms with Crippen molar-refractivity contribution in [3.05, 3.63) is 59.1 Å². The predicted molar refractivity (Wildman–Crippen MR) is 113 cm³/mol. The summed E-state index contributed by atoms with van der Waals surface area (Å²) in [6.07, 6.45) is 0. The molecule has 6 nitrogen and oxygen atoms in total. The molecule has 28 heavy (non-hydrogen) atoms. The topological polar surface area (TPSA) is 61.9 Å². The molecule has 152 valence electrons. The van der Waals surface area contributed by atoms with Gasteiger partial charge in [0.05, 0.1) is 18.1 Å². The van der Waals surface area contributed by atoms with Crippen molar-refractivity contribution in [2.45, 2.75) is 10.9 Å². The Morgan fingerprint density at radius 3 is 2.43 bits per heavy atom. The van der Waals surface area contributed by atoms with Gasteiger partial charge in [0.15, 0.2) is 0 Å². The number of anilines is 1. The first-order valence-corrected chi connectivity index (χ1v) is 11.1. The zero-order chi connectivity index (χ0) is 20.1. The van der Waals surface area contributed by atoms with Gasteiger partial charge in [-0.25, -0.2) is 13.1 Å². The Bertz CT molecular complexity index is 882. The maximum absolute atomic E-state index is 12.7. The maximum Gasteiger partial charge on any atom is 0.240 e. The minimum atomic E-state index is -3.65. The minimum absolute atomic E-state index is 0.0749. The van der Waals surface area contributed by atoms with Gasteiger partial charge in [0, 0.05) is 50.5 Å². The molecule has 1 atom stereocenters. The normalized spacial score (nSPS) is 16.7. The van der Waals surface area contributed by atoms with Gasteiger partial charge in [0.25, 0.3) is 0 Å². The lowest BCUT2D eigenvalue weighted by Crippen LogP contribution is -2.43. The standard InChI is InChI=1S/C20H26ClN3O3S/c1-23(2)18-8-6-16(7-9-18)20(24-10-12-27-13-11-24)15-22-28(25,26)19-5-3-4-17(21)14-19/h3-9,14,20,22H,10-13,15H2,1-2H3. The summed E-state index contributed by atoms with van der Waals surface area (Å²) in [6, 6.07) is 14.4. The van der Waals surface area contributed by atoms with E-state index in [2.05, 4.69) is 21.8 Å². The molecule has 0 bridgehead atoms. The first kappa shape index (κ1) is 21.1. The van der Waals surface area contributed by atoms with Crippen LogP contribution >= 0.6 is 11.6 Å². The molecule has 2 aromatic carbocycles. The first-order valence-electron chi connectivity index (χ1n) is 9.21. The second-order valence-corrected chi connectivity index (χ2v) is 9.16. The Balaban J connectivity index is 1.81. The van der Waals surface area contributed by atoms with E-state index < -0.39 is 10.0 Å². The van der Waals surface area contributed by atoms with Crippen LogP contribution in [0.5, 0.6) is 0 Å². The largest absolute Gasteiger partial charge is 0.379 e. The molecule has 0 aliphatic carbocycles. The van der Waals surface area contributed by atoms with Crippen molar-refractivity contribution in [2.24, 2.45) is 0 Å².